The first-order valence-corrected chi connectivity index (χ1v) is 5.47. The molecule has 15 heavy (non-hydrogen) atoms. The molecular weight excluding hydrogens is 186 g/mol. The summed E-state index contributed by atoms with van der Waals surface area (Å²) in [5.74, 6) is 1.02. The first-order valence-electron chi connectivity index (χ1n) is 5.47. The predicted molar refractivity (Wildman–Crippen MR) is 61.1 cm³/mol. The van der Waals surface area contributed by atoms with Gasteiger partial charge in [-0.15, -0.1) is 0 Å². The van der Waals surface area contributed by atoms with Gasteiger partial charge in [-0.2, -0.15) is 0 Å². The second-order valence-corrected chi connectivity index (χ2v) is 4.47. The van der Waals surface area contributed by atoms with Crippen molar-refractivity contribution in [3.05, 3.63) is 35.4 Å². The minimum absolute atomic E-state index is 0.0811. The van der Waals surface area contributed by atoms with Crippen LogP contribution in [0.3, 0.4) is 0 Å². The summed E-state index contributed by atoms with van der Waals surface area (Å²) in [4.78, 5) is 0. The van der Waals surface area contributed by atoms with Gasteiger partial charge in [0.2, 0.25) is 0 Å². The van der Waals surface area contributed by atoms with Crippen molar-refractivity contribution in [3.8, 4) is 5.75 Å². The Bertz CT molecular complexity index is 417. The Labute approximate surface area is 89.9 Å². The highest BCUT2D eigenvalue weighted by molar-refractivity contribution is 5.62. The van der Waals surface area contributed by atoms with Gasteiger partial charge in [0.15, 0.2) is 0 Å². The molecule has 1 fully saturated rings. The standard InChI is InChI=1S/C13H15NO/c1-10-2-3-12-11(8-10)4-5-13(15-12)6-7-14-9-13/h2-5,8,14H,6-7,9H2,1H3. The minimum atomic E-state index is -0.0811. The average Bonchev–Trinajstić information content (AvgIpc) is 2.67. The number of aryl methyl sites for hydroxylation is 1. The molecule has 0 bridgehead atoms. The zero-order valence-electron chi connectivity index (χ0n) is 8.92. The Kier molecular flexibility index (Phi) is 1.86. The van der Waals surface area contributed by atoms with Crippen molar-refractivity contribution in [2.45, 2.75) is 18.9 Å². The molecule has 1 atom stereocenters. The molecule has 2 heterocycles. The van der Waals surface area contributed by atoms with Gasteiger partial charge < -0.3 is 10.1 Å². The molecule has 2 nitrogen and oxygen atoms in total. The van der Waals surface area contributed by atoms with E-state index in [1.54, 1.807) is 0 Å². The molecule has 1 N–H and O–H groups in total. The molecule has 78 valence electrons. The van der Waals surface area contributed by atoms with Crippen LogP contribution in [-0.2, 0) is 0 Å². The molecule has 1 saturated heterocycles. The Morgan fingerprint density at radius 1 is 1.40 bits per heavy atom. The smallest absolute Gasteiger partial charge is 0.141 e. The van der Waals surface area contributed by atoms with Crippen LogP contribution in [0.15, 0.2) is 24.3 Å². The highest BCUT2D eigenvalue weighted by atomic mass is 16.5. The fraction of sp³-hybridized carbons (Fsp3) is 0.385. The van der Waals surface area contributed by atoms with E-state index >= 15 is 0 Å². The Morgan fingerprint density at radius 2 is 2.33 bits per heavy atom. The quantitative estimate of drug-likeness (QED) is 0.694. The molecule has 0 amide bonds. The number of benzene rings is 1. The lowest BCUT2D eigenvalue weighted by atomic mass is 9.97. The summed E-state index contributed by atoms with van der Waals surface area (Å²) in [5, 5.41) is 3.35. The third kappa shape index (κ3) is 1.45. The summed E-state index contributed by atoms with van der Waals surface area (Å²) in [6.07, 6.45) is 5.46. The summed E-state index contributed by atoms with van der Waals surface area (Å²) in [6.45, 7) is 4.08. The first kappa shape index (κ1) is 8.98. The van der Waals surface area contributed by atoms with Gasteiger partial charge in [0.25, 0.3) is 0 Å². The van der Waals surface area contributed by atoms with Gasteiger partial charge in [-0.1, -0.05) is 17.7 Å². The molecular formula is C13H15NO. The summed E-state index contributed by atoms with van der Waals surface area (Å²) >= 11 is 0. The normalized spacial score (nSPS) is 27.8. The van der Waals surface area contributed by atoms with E-state index in [1.165, 1.54) is 11.1 Å². The lowest BCUT2D eigenvalue weighted by molar-refractivity contribution is 0.139. The number of rotatable bonds is 0. The molecule has 1 aromatic rings. The Hall–Kier alpha value is -1.28. The second-order valence-electron chi connectivity index (χ2n) is 4.47. The Balaban J connectivity index is 2.00. The molecule has 0 aromatic heterocycles. The van der Waals surface area contributed by atoms with Gasteiger partial charge >= 0.3 is 0 Å². The SMILES string of the molecule is Cc1ccc2c(c1)C=CC1(CCNC1)O2. The molecule has 0 saturated carbocycles. The van der Waals surface area contributed by atoms with E-state index in [1.807, 2.05) is 0 Å². The van der Waals surface area contributed by atoms with Crippen LogP contribution in [0.4, 0.5) is 0 Å². The summed E-state index contributed by atoms with van der Waals surface area (Å²) in [5.41, 5.74) is 2.40. The van der Waals surface area contributed by atoms with E-state index in [4.69, 9.17) is 4.74 Å². The third-order valence-corrected chi connectivity index (χ3v) is 3.19. The fourth-order valence-corrected chi connectivity index (χ4v) is 2.30. The highest BCUT2D eigenvalue weighted by Gasteiger charge is 2.35. The van der Waals surface area contributed by atoms with E-state index < -0.39 is 0 Å². The molecule has 1 unspecified atom stereocenters. The van der Waals surface area contributed by atoms with E-state index in [2.05, 4.69) is 42.6 Å². The highest BCUT2D eigenvalue weighted by Crippen LogP contribution is 2.34. The first-order chi connectivity index (χ1) is 7.27. The van der Waals surface area contributed by atoms with Crippen LogP contribution in [-0.4, -0.2) is 18.7 Å². The Morgan fingerprint density at radius 3 is 3.13 bits per heavy atom. The molecule has 2 aliphatic heterocycles. The number of hydrogen-bond donors (Lipinski definition) is 1. The summed E-state index contributed by atoms with van der Waals surface area (Å²) in [6, 6.07) is 6.35. The van der Waals surface area contributed by atoms with Crippen molar-refractivity contribution < 1.29 is 4.74 Å². The molecule has 1 aromatic carbocycles. The maximum Gasteiger partial charge on any atom is 0.141 e. The van der Waals surface area contributed by atoms with Crippen molar-refractivity contribution in [2.75, 3.05) is 13.1 Å². The van der Waals surface area contributed by atoms with Crippen LogP contribution in [0.25, 0.3) is 6.08 Å². The van der Waals surface area contributed by atoms with Crippen LogP contribution in [0.5, 0.6) is 5.75 Å². The van der Waals surface area contributed by atoms with Crippen LogP contribution in [0.2, 0.25) is 0 Å². The summed E-state index contributed by atoms with van der Waals surface area (Å²) < 4.78 is 6.09. The average molecular weight is 201 g/mol. The summed E-state index contributed by atoms with van der Waals surface area (Å²) in [7, 11) is 0. The van der Waals surface area contributed by atoms with Gasteiger partial charge in [-0.05, 0) is 31.7 Å². The maximum atomic E-state index is 6.09. The van der Waals surface area contributed by atoms with Crippen molar-refractivity contribution in [3.63, 3.8) is 0 Å². The third-order valence-electron chi connectivity index (χ3n) is 3.19. The lowest BCUT2D eigenvalue weighted by Crippen LogP contribution is -2.37. The lowest BCUT2D eigenvalue weighted by Gasteiger charge is -2.30. The molecule has 0 aliphatic carbocycles. The molecule has 2 aliphatic rings. The molecule has 1 spiro atoms. The number of nitrogens with one attached hydrogen (secondary N) is 1. The van der Waals surface area contributed by atoms with E-state index in [-0.39, 0.29) is 5.60 Å². The zero-order chi connectivity index (χ0) is 10.3. The van der Waals surface area contributed by atoms with Crippen LogP contribution < -0.4 is 10.1 Å². The number of hydrogen-bond acceptors (Lipinski definition) is 2. The fourth-order valence-electron chi connectivity index (χ4n) is 2.30. The van der Waals surface area contributed by atoms with Crippen LogP contribution in [0, 0.1) is 6.92 Å². The van der Waals surface area contributed by atoms with Crippen molar-refractivity contribution in [1.29, 1.82) is 0 Å². The van der Waals surface area contributed by atoms with Gasteiger partial charge in [0.1, 0.15) is 11.4 Å². The van der Waals surface area contributed by atoms with Gasteiger partial charge in [-0.25, -0.2) is 0 Å². The number of fused-ring (bicyclic) bond motifs is 1. The maximum absolute atomic E-state index is 6.09. The van der Waals surface area contributed by atoms with E-state index in [9.17, 15) is 0 Å². The van der Waals surface area contributed by atoms with Crippen molar-refractivity contribution in [1.82, 2.24) is 5.32 Å². The van der Waals surface area contributed by atoms with Gasteiger partial charge in [-0.3, -0.25) is 0 Å². The molecule has 0 radical (unpaired) electrons. The molecule has 3 rings (SSSR count). The largest absolute Gasteiger partial charge is 0.481 e. The molecule has 2 heteroatoms. The van der Waals surface area contributed by atoms with Crippen LogP contribution >= 0.6 is 0 Å². The topological polar surface area (TPSA) is 21.3 Å². The van der Waals surface area contributed by atoms with E-state index in [0.29, 0.717) is 0 Å². The van der Waals surface area contributed by atoms with Gasteiger partial charge in [0.05, 0.1) is 0 Å². The second kappa shape index (κ2) is 3.11. The predicted octanol–water partition coefficient (Wildman–Crippen LogP) is 2.13. The van der Waals surface area contributed by atoms with Crippen LogP contribution in [0.1, 0.15) is 17.5 Å². The zero-order valence-corrected chi connectivity index (χ0v) is 8.92. The van der Waals surface area contributed by atoms with Gasteiger partial charge in [0, 0.05) is 18.5 Å². The minimum Gasteiger partial charge on any atom is -0.481 e. The van der Waals surface area contributed by atoms with Crippen molar-refractivity contribution in [2.24, 2.45) is 0 Å². The number of ether oxygens (including phenoxy) is 1. The monoisotopic (exact) mass is 201 g/mol. The van der Waals surface area contributed by atoms with Crippen molar-refractivity contribution >= 4 is 6.08 Å². The van der Waals surface area contributed by atoms with E-state index in [0.717, 1.165) is 25.3 Å².